The Morgan fingerprint density at radius 1 is 1.33 bits per heavy atom. The molecule has 2 aliphatic rings. The zero-order valence-corrected chi connectivity index (χ0v) is 15.4. The van der Waals surface area contributed by atoms with E-state index in [2.05, 4.69) is 55.4 Å². The predicted octanol–water partition coefficient (Wildman–Crippen LogP) is 4.06. The van der Waals surface area contributed by atoms with Crippen molar-refractivity contribution in [3.63, 3.8) is 0 Å². The minimum absolute atomic E-state index is 0.0451. The summed E-state index contributed by atoms with van der Waals surface area (Å²) in [7, 11) is 2.05. The number of nitrogens with one attached hydrogen (secondary N) is 1. The minimum Gasteiger partial charge on any atom is -0.378 e. The first-order chi connectivity index (χ1) is 10.1. The van der Waals surface area contributed by atoms with E-state index in [1.54, 1.807) is 0 Å². The molecule has 2 fully saturated rings. The quantitative estimate of drug-likeness (QED) is 0.802. The van der Waals surface area contributed by atoms with E-state index < -0.39 is 0 Å². The second kappa shape index (κ2) is 6.67. The molecule has 1 N–H and O–H groups in total. The van der Waals surface area contributed by atoms with Crippen molar-refractivity contribution < 1.29 is 9.47 Å². The molecule has 0 saturated carbocycles. The molecule has 2 saturated heterocycles. The van der Waals surface area contributed by atoms with Gasteiger partial charge in [-0.05, 0) is 49.6 Å². The molecule has 21 heavy (non-hydrogen) atoms. The molecule has 3 rings (SSSR count). The van der Waals surface area contributed by atoms with Gasteiger partial charge in [0.15, 0.2) is 0 Å². The van der Waals surface area contributed by atoms with Crippen molar-refractivity contribution in [2.75, 3.05) is 26.9 Å². The first-order valence-corrected chi connectivity index (χ1v) is 9.06. The highest BCUT2D eigenvalue weighted by atomic mass is 79.9. The summed E-state index contributed by atoms with van der Waals surface area (Å²) < 4.78 is 13.9. The van der Waals surface area contributed by atoms with Crippen LogP contribution in [0.4, 0.5) is 0 Å². The number of hydrogen-bond donors (Lipinski definition) is 1. The summed E-state index contributed by atoms with van der Waals surface area (Å²) >= 11 is 7.28. The lowest BCUT2D eigenvalue weighted by Crippen LogP contribution is -2.43. The van der Waals surface area contributed by atoms with E-state index in [0.717, 1.165) is 48.0 Å². The number of ether oxygens (including phenoxy) is 2. The van der Waals surface area contributed by atoms with Gasteiger partial charge in [-0.15, -0.1) is 0 Å². The molecule has 1 aromatic carbocycles. The number of rotatable bonds is 3. The van der Waals surface area contributed by atoms with Gasteiger partial charge in [0.05, 0.1) is 12.2 Å². The normalized spacial score (nSPS) is 30.7. The third kappa shape index (κ3) is 3.37. The molecular formula is C16H21Br2NO2. The Kier molecular flexibility index (Phi) is 5.06. The van der Waals surface area contributed by atoms with Gasteiger partial charge in [0, 0.05) is 34.6 Å². The van der Waals surface area contributed by atoms with Crippen molar-refractivity contribution in [2.24, 2.45) is 5.92 Å². The fourth-order valence-electron chi connectivity index (χ4n) is 3.61. The average molecular weight is 419 g/mol. The maximum Gasteiger partial charge on any atom is 0.0940 e. The van der Waals surface area contributed by atoms with E-state index >= 15 is 0 Å². The summed E-state index contributed by atoms with van der Waals surface area (Å²) in [5, 5.41) is 3.52. The molecule has 2 heterocycles. The van der Waals surface area contributed by atoms with E-state index in [1.807, 2.05) is 7.05 Å². The van der Waals surface area contributed by atoms with E-state index in [4.69, 9.17) is 9.47 Å². The molecule has 3 atom stereocenters. The van der Waals surface area contributed by atoms with Gasteiger partial charge < -0.3 is 14.8 Å². The summed E-state index contributed by atoms with van der Waals surface area (Å²) in [5.74, 6) is 0.566. The predicted molar refractivity (Wildman–Crippen MR) is 90.5 cm³/mol. The molecule has 3 nitrogen and oxygen atoms in total. The van der Waals surface area contributed by atoms with Gasteiger partial charge in [0.2, 0.25) is 0 Å². The molecule has 0 radical (unpaired) electrons. The summed E-state index contributed by atoms with van der Waals surface area (Å²) in [6.45, 7) is 2.41. The van der Waals surface area contributed by atoms with E-state index in [-0.39, 0.29) is 5.60 Å². The number of hydrogen-bond acceptors (Lipinski definition) is 3. The Balaban J connectivity index is 1.84. The topological polar surface area (TPSA) is 30.5 Å². The minimum atomic E-state index is -0.0451. The van der Waals surface area contributed by atoms with Crippen LogP contribution in [0.5, 0.6) is 0 Å². The smallest absolute Gasteiger partial charge is 0.0940 e. The summed E-state index contributed by atoms with van der Waals surface area (Å²) in [4.78, 5) is 0. The zero-order valence-electron chi connectivity index (χ0n) is 12.2. The van der Waals surface area contributed by atoms with Crippen molar-refractivity contribution in [3.8, 4) is 0 Å². The van der Waals surface area contributed by atoms with Crippen LogP contribution in [0.15, 0.2) is 27.1 Å². The SMILES string of the molecule is CNC(c1cc(Br)ccc1Br)C1CCOC2(CCOC2)C1. The van der Waals surface area contributed by atoms with Crippen LogP contribution in [0.1, 0.15) is 30.9 Å². The highest BCUT2D eigenvalue weighted by molar-refractivity contribution is 9.11. The van der Waals surface area contributed by atoms with Crippen molar-refractivity contribution >= 4 is 31.9 Å². The number of halogens is 2. The molecule has 5 heteroatoms. The lowest BCUT2D eigenvalue weighted by atomic mass is 9.79. The zero-order chi connectivity index (χ0) is 14.9. The molecule has 0 amide bonds. The maximum absolute atomic E-state index is 6.07. The molecule has 1 spiro atoms. The fourth-order valence-corrected chi connectivity index (χ4v) is 4.48. The second-order valence-corrected chi connectivity index (χ2v) is 7.79. The lowest BCUT2D eigenvalue weighted by Gasteiger charge is -2.40. The van der Waals surface area contributed by atoms with Crippen molar-refractivity contribution in [1.29, 1.82) is 0 Å². The standard InChI is InChI=1S/C16H21Br2NO2/c1-19-15(13-8-12(17)2-3-14(13)18)11-4-6-21-16(9-11)5-7-20-10-16/h2-3,8,11,15,19H,4-7,9-10H2,1H3. The Morgan fingerprint density at radius 3 is 2.90 bits per heavy atom. The van der Waals surface area contributed by atoms with Crippen LogP contribution >= 0.6 is 31.9 Å². The summed E-state index contributed by atoms with van der Waals surface area (Å²) in [6.07, 6.45) is 3.18. The van der Waals surface area contributed by atoms with Gasteiger partial charge in [-0.25, -0.2) is 0 Å². The van der Waals surface area contributed by atoms with Crippen LogP contribution < -0.4 is 5.32 Å². The van der Waals surface area contributed by atoms with Crippen LogP contribution in [0.2, 0.25) is 0 Å². The van der Waals surface area contributed by atoms with Crippen molar-refractivity contribution in [3.05, 3.63) is 32.7 Å². The Labute approximate surface area is 143 Å². The van der Waals surface area contributed by atoms with E-state index in [0.29, 0.717) is 12.0 Å². The van der Waals surface area contributed by atoms with Crippen LogP contribution in [-0.4, -0.2) is 32.5 Å². The van der Waals surface area contributed by atoms with Gasteiger partial charge >= 0.3 is 0 Å². The number of benzene rings is 1. The molecule has 0 aliphatic carbocycles. The Morgan fingerprint density at radius 2 is 2.19 bits per heavy atom. The first-order valence-electron chi connectivity index (χ1n) is 7.47. The lowest BCUT2D eigenvalue weighted by molar-refractivity contribution is -0.103. The largest absolute Gasteiger partial charge is 0.378 e. The van der Waals surface area contributed by atoms with Crippen molar-refractivity contribution in [1.82, 2.24) is 5.32 Å². The molecule has 0 bridgehead atoms. The third-order valence-corrected chi connectivity index (χ3v) is 5.89. The van der Waals surface area contributed by atoms with Crippen LogP contribution in [0.3, 0.4) is 0 Å². The highest BCUT2D eigenvalue weighted by Crippen LogP contribution is 2.42. The first kappa shape index (κ1) is 15.9. The monoisotopic (exact) mass is 417 g/mol. The van der Waals surface area contributed by atoms with Crippen LogP contribution in [0, 0.1) is 5.92 Å². The maximum atomic E-state index is 6.07. The molecule has 0 aromatic heterocycles. The van der Waals surface area contributed by atoms with Gasteiger partial charge in [-0.1, -0.05) is 31.9 Å². The van der Waals surface area contributed by atoms with E-state index in [1.165, 1.54) is 5.56 Å². The summed E-state index contributed by atoms with van der Waals surface area (Å²) in [5.41, 5.74) is 1.27. The highest BCUT2D eigenvalue weighted by Gasteiger charge is 2.43. The molecule has 3 unspecified atom stereocenters. The van der Waals surface area contributed by atoms with Gasteiger partial charge in [-0.2, -0.15) is 0 Å². The molecule has 2 aliphatic heterocycles. The molecule has 116 valence electrons. The summed E-state index contributed by atoms with van der Waals surface area (Å²) in [6, 6.07) is 6.71. The fraction of sp³-hybridized carbons (Fsp3) is 0.625. The Hall–Kier alpha value is 0.0600. The van der Waals surface area contributed by atoms with Gasteiger partial charge in [0.25, 0.3) is 0 Å². The second-order valence-electron chi connectivity index (χ2n) is 6.02. The average Bonchev–Trinajstić information content (AvgIpc) is 2.91. The van der Waals surface area contributed by atoms with Gasteiger partial charge in [-0.3, -0.25) is 0 Å². The van der Waals surface area contributed by atoms with Gasteiger partial charge in [0.1, 0.15) is 0 Å². The third-order valence-electron chi connectivity index (χ3n) is 4.67. The van der Waals surface area contributed by atoms with Crippen LogP contribution in [0.25, 0.3) is 0 Å². The van der Waals surface area contributed by atoms with E-state index in [9.17, 15) is 0 Å². The Bertz CT molecular complexity index is 503. The molecular weight excluding hydrogens is 398 g/mol. The molecule has 1 aromatic rings. The van der Waals surface area contributed by atoms with Crippen LogP contribution in [-0.2, 0) is 9.47 Å². The van der Waals surface area contributed by atoms with Crippen molar-refractivity contribution in [2.45, 2.75) is 30.9 Å².